The zero-order valence-electron chi connectivity index (χ0n) is 20.4. The van der Waals surface area contributed by atoms with Crippen molar-refractivity contribution in [2.45, 2.75) is 6.54 Å². The molecule has 0 aliphatic carbocycles. The van der Waals surface area contributed by atoms with Crippen LogP contribution in [0.15, 0.2) is 54.9 Å². The lowest BCUT2D eigenvalue weighted by atomic mass is 10.0. The first-order valence-corrected chi connectivity index (χ1v) is 12.0. The minimum absolute atomic E-state index is 0.782. The molecule has 0 bridgehead atoms. The van der Waals surface area contributed by atoms with E-state index in [1.807, 2.05) is 12.4 Å². The Labute approximate surface area is 204 Å². The maximum Gasteiger partial charge on any atom is 0.159 e. The average Bonchev–Trinajstić information content (AvgIpc) is 3.48. The van der Waals surface area contributed by atoms with E-state index in [1.165, 1.54) is 11.3 Å². The first-order chi connectivity index (χ1) is 17.0. The van der Waals surface area contributed by atoms with Gasteiger partial charge in [-0.05, 0) is 62.6 Å². The molecule has 1 aliphatic heterocycles. The highest BCUT2D eigenvalue weighted by molar-refractivity contribution is 5.97. The molecule has 0 saturated carbocycles. The van der Waals surface area contributed by atoms with Gasteiger partial charge in [0, 0.05) is 56.1 Å². The van der Waals surface area contributed by atoms with E-state index in [-0.39, 0.29) is 0 Å². The third-order valence-electron chi connectivity index (χ3n) is 6.75. The van der Waals surface area contributed by atoms with Crippen LogP contribution >= 0.6 is 0 Å². The fourth-order valence-electron chi connectivity index (χ4n) is 4.90. The highest BCUT2D eigenvalue weighted by Gasteiger charge is 2.20. The smallest absolute Gasteiger partial charge is 0.159 e. The van der Waals surface area contributed by atoms with Crippen LogP contribution in [0.25, 0.3) is 44.6 Å². The highest BCUT2D eigenvalue weighted by atomic mass is 15.3. The summed E-state index contributed by atoms with van der Waals surface area (Å²) in [5.74, 6) is 0.782. The average molecular weight is 467 g/mol. The predicted octanol–water partition coefficient (Wildman–Crippen LogP) is 3.98. The summed E-state index contributed by atoms with van der Waals surface area (Å²) in [6.07, 6.45) is 3.85. The topological polar surface area (TPSA) is 80.0 Å². The number of aromatic amines is 2. The number of H-pyrrole nitrogens is 2. The van der Waals surface area contributed by atoms with Crippen molar-refractivity contribution >= 4 is 27.6 Å². The molecular weight excluding hydrogens is 436 g/mol. The number of benzene rings is 2. The summed E-state index contributed by atoms with van der Waals surface area (Å²) >= 11 is 0. The lowest BCUT2D eigenvalue weighted by Crippen LogP contribution is -2.44. The predicted molar refractivity (Wildman–Crippen MR) is 142 cm³/mol. The van der Waals surface area contributed by atoms with Crippen molar-refractivity contribution in [1.82, 2.24) is 34.9 Å². The van der Waals surface area contributed by atoms with E-state index in [2.05, 4.69) is 98.5 Å². The summed E-state index contributed by atoms with van der Waals surface area (Å²) in [4.78, 5) is 20.0. The maximum atomic E-state index is 5.04. The first kappa shape index (κ1) is 21.8. The van der Waals surface area contributed by atoms with Crippen LogP contribution in [-0.4, -0.2) is 82.3 Å². The zero-order valence-corrected chi connectivity index (χ0v) is 20.4. The molecule has 2 N–H and O–H groups in total. The van der Waals surface area contributed by atoms with Gasteiger partial charge >= 0.3 is 0 Å². The lowest BCUT2D eigenvalue weighted by Gasteiger charge is -2.34. The van der Waals surface area contributed by atoms with Crippen molar-refractivity contribution in [3.63, 3.8) is 0 Å². The van der Waals surface area contributed by atoms with Gasteiger partial charge in [-0.25, -0.2) is 4.98 Å². The zero-order chi connectivity index (χ0) is 23.9. The Morgan fingerprint density at radius 1 is 0.943 bits per heavy atom. The van der Waals surface area contributed by atoms with Crippen LogP contribution in [0.3, 0.4) is 0 Å². The van der Waals surface area contributed by atoms with Crippen molar-refractivity contribution in [3.05, 3.63) is 60.4 Å². The summed E-state index contributed by atoms with van der Waals surface area (Å²) in [6.45, 7) is 4.99. The molecule has 1 aliphatic rings. The quantitative estimate of drug-likeness (QED) is 0.408. The molecule has 1 fully saturated rings. The van der Waals surface area contributed by atoms with Gasteiger partial charge in [-0.3, -0.25) is 10.1 Å². The van der Waals surface area contributed by atoms with Crippen molar-refractivity contribution in [2.75, 3.05) is 52.2 Å². The van der Waals surface area contributed by atoms with Crippen molar-refractivity contribution in [1.29, 1.82) is 0 Å². The molecular formula is C27H30N8. The largest absolute Gasteiger partial charge is 0.367 e. The molecule has 0 radical (unpaired) electrons. The number of fused-ring (bicyclic) bond motifs is 2. The molecule has 178 valence electrons. The summed E-state index contributed by atoms with van der Waals surface area (Å²) in [5.41, 5.74) is 8.43. The van der Waals surface area contributed by atoms with Crippen LogP contribution in [0.2, 0.25) is 0 Å². The molecule has 4 heterocycles. The first-order valence-electron chi connectivity index (χ1n) is 12.0. The van der Waals surface area contributed by atoms with Gasteiger partial charge in [-0.2, -0.15) is 5.10 Å². The monoisotopic (exact) mass is 466 g/mol. The van der Waals surface area contributed by atoms with Gasteiger partial charge in [0.15, 0.2) is 5.82 Å². The van der Waals surface area contributed by atoms with E-state index >= 15 is 0 Å². The van der Waals surface area contributed by atoms with Gasteiger partial charge in [-0.1, -0.05) is 12.1 Å². The number of anilines is 1. The second-order valence-electron chi connectivity index (χ2n) is 9.70. The van der Waals surface area contributed by atoms with Crippen LogP contribution in [0, 0.1) is 0 Å². The van der Waals surface area contributed by atoms with Crippen LogP contribution in [0.5, 0.6) is 0 Å². The molecule has 35 heavy (non-hydrogen) atoms. The standard InChI is InChI=1S/C27H30N8/c1-33(2)17-18-13-20(16-28-15-18)19-7-8-22-21(14-19)25(32-31-22)27-29-23-5-4-6-24(26(23)30-27)35-11-9-34(3)10-12-35/h4-8,13-16H,9-12,17H2,1-3H3,(H,29,30)(H,31,32). The number of aromatic nitrogens is 5. The number of imidazole rings is 1. The number of para-hydroxylation sites is 1. The summed E-state index contributed by atoms with van der Waals surface area (Å²) in [7, 11) is 6.31. The van der Waals surface area contributed by atoms with Gasteiger partial charge in [0.25, 0.3) is 0 Å². The highest BCUT2D eigenvalue weighted by Crippen LogP contribution is 2.33. The number of hydrogen-bond acceptors (Lipinski definition) is 6. The Balaban J connectivity index is 1.39. The second-order valence-corrected chi connectivity index (χ2v) is 9.70. The number of nitrogens with zero attached hydrogens (tertiary/aromatic N) is 6. The van der Waals surface area contributed by atoms with Gasteiger partial charge in [-0.15, -0.1) is 0 Å². The fraction of sp³-hybridized carbons (Fsp3) is 0.296. The molecule has 1 saturated heterocycles. The molecule has 8 nitrogen and oxygen atoms in total. The van der Waals surface area contributed by atoms with E-state index < -0.39 is 0 Å². The third kappa shape index (κ3) is 4.15. The van der Waals surface area contributed by atoms with E-state index in [4.69, 9.17) is 4.98 Å². The van der Waals surface area contributed by atoms with Crippen LogP contribution in [-0.2, 0) is 6.54 Å². The normalized spacial score (nSPS) is 15.0. The number of rotatable bonds is 5. The van der Waals surface area contributed by atoms with Gasteiger partial charge < -0.3 is 19.7 Å². The van der Waals surface area contributed by atoms with Crippen LogP contribution in [0.1, 0.15) is 5.56 Å². The fourth-order valence-corrected chi connectivity index (χ4v) is 4.90. The number of hydrogen-bond donors (Lipinski definition) is 2. The summed E-state index contributed by atoms with van der Waals surface area (Å²) < 4.78 is 0. The molecule has 8 heteroatoms. The van der Waals surface area contributed by atoms with Crippen molar-refractivity contribution in [2.24, 2.45) is 0 Å². The Morgan fingerprint density at radius 2 is 1.80 bits per heavy atom. The van der Waals surface area contributed by atoms with Crippen LogP contribution in [0.4, 0.5) is 5.69 Å². The van der Waals surface area contributed by atoms with Crippen LogP contribution < -0.4 is 4.90 Å². The minimum atomic E-state index is 0.782. The number of likely N-dealkylation sites (N-methyl/N-ethyl adjacent to an activating group) is 1. The van der Waals surface area contributed by atoms with Gasteiger partial charge in [0.05, 0.1) is 16.7 Å². The van der Waals surface area contributed by atoms with Crippen molar-refractivity contribution in [3.8, 4) is 22.6 Å². The molecule has 5 aromatic rings. The summed E-state index contributed by atoms with van der Waals surface area (Å²) in [6, 6.07) is 15.0. The molecule has 2 aromatic carbocycles. The molecule has 0 atom stereocenters. The second kappa shape index (κ2) is 8.79. The molecule has 0 amide bonds. The SMILES string of the molecule is CN(C)Cc1cncc(-c2ccc3[nH]nc(-c4nc5c(N6CCN(C)CC6)cccc5[nH]4)c3c2)c1. The van der Waals surface area contributed by atoms with E-state index in [1.54, 1.807) is 0 Å². The van der Waals surface area contributed by atoms with Gasteiger partial charge in [0.2, 0.25) is 0 Å². The van der Waals surface area contributed by atoms with Gasteiger partial charge in [0.1, 0.15) is 11.2 Å². The number of piperazine rings is 1. The Hall–Kier alpha value is -3.75. The molecule has 0 unspecified atom stereocenters. The molecule has 0 spiro atoms. The van der Waals surface area contributed by atoms with E-state index in [9.17, 15) is 0 Å². The summed E-state index contributed by atoms with van der Waals surface area (Å²) in [5, 5.41) is 8.87. The Kier molecular flexibility index (Phi) is 5.47. The lowest BCUT2D eigenvalue weighted by molar-refractivity contribution is 0.313. The number of pyridine rings is 1. The molecule has 3 aromatic heterocycles. The Bertz CT molecular complexity index is 1490. The van der Waals surface area contributed by atoms with Crippen molar-refractivity contribution < 1.29 is 0 Å². The maximum absolute atomic E-state index is 5.04. The minimum Gasteiger partial charge on any atom is -0.367 e. The van der Waals surface area contributed by atoms with E-state index in [0.29, 0.717) is 0 Å². The Morgan fingerprint density at radius 3 is 2.63 bits per heavy atom. The molecule has 6 rings (SSSR count). The van der Waals surface area contributed by atoms with E-state index in [0.717, 1.165) is 77.3 Å². The third-order valence-corrected chi connectivity index (χ3v) is 6.75. The number of nitrogens with one attached hydrogen (secondary N) is 2.